The number of hydrogen-bond donors (Lipinski definition) is 0. The molecule has 1 aliphatic rings. The third kappa shape index (κ3) is 4.20. The first-order chi connectivity index (χ1) is 12.6. The first kappa shape index (κ1) is 18.3. The fourth-order valence-corrected chi connectivity index (χ4v) is 4.39. The highest BCUT2D eigenvalue weighted by molar-refractivity contribution is 8.03. The second kappa shape index (κ2) is 8.28. The van der Waals surface area contributed by atoms with Crippen LogP contribution in [-0.4, -0.2) is 24.1 Å². The lowest BCUT2D eigenvalue weighted by atomic mass is 10.0. The van der Waals surface area contributed by atoms with Crippen LogP contribution in [-0.2, 0) is 4.74 Å². The molecule has 1 aliphatic heterocycles. The molecule has 134 valence electrons. The van der Waals surface area contributed by atoms with Gasteiger partial charge < -0.3 is 4.74 Å². The third-order valence-electron chi connectivity index (χ3n) is 4.14. The van der Waals surface area contributed by atoms with Gasteiger partial charge in [0.25, 0.3) is 0 Å². The highest BCUT2D eigenvalue weighted by Gasteiger charge is 2.28. The quantitative estimate of drug-likeness (QED) is 0.479. The molecule has 0 bridgehead atoms. The average molecular weight is 365 g/mol. The van der Waals surface area contributed by atoms with Crippen molar-refractivity contribution < 1.29 is 9.53 Å². The highest BCUT2D eigenvalue weighted by atomic mass is 32.2. The normalized spacial score (nSPS) is 14.8. The fraction of sp³-hybridized carbons (Fsp3) is 0.227. The second-order valence-electron chi connectivity index (χ2n) is 6.33. The van der Waals surface area contributed by atoms with Crippen LogP contribution >= 0.6 is 11.8 Å². The lowest BCUT2D eigenvalue weighted by molar-refractivity contribution is 0.165. The van der Waals surface area contributed by atoms with Crippen molar-refractivity contribution in [3.63, 3.8) is 0 Å². The minimum Gasteiger partial charge on any atom is -0.447 e. The molecule has 0 unspecified atom stereocenters. The van der Waals surface area contributed by atoms with Crippen molar-refractivity contribution in [2.75, 3.05) is 13.2 Å². The van der Waals surface area contributed by atoms with Gasteiger partial charge in [0.05, 0.1) is 11.6 Å². The van der Waals surface area contributed by atoms with Crippen LogP contribution in [0.15, 0.2) is 71.1 Å². The zero-order chi connectivity index (χ0) is 18.5. The number of carbonyl (C=O) groups is 1. The van der Waals surface area contributed by atoms with Gasteiger partial charge in [0.15, 0.2) is 0 Å². The van der Waals surface area contributed by atoms with Crippen LogP contribution in [0.3, 0.4) is 0 Å². The maximum atomic E-state index is 12.3. The van der Waals surface area contributed by atoms with Crippen molar-refractivity contribution in [3.05, 3.63) is 82.9 Å². The van der Waals surface area contributed by atoms with Gasteiger partial charge in [-0.25, -0.2) is 4.79 Å². The standard InChI is InChI=1S/C22H23NO2S/c1-4-8-20(18-9-6-5-7-10-18)21(23-11-12-25-22(23)24)26-19-14-16(2)13-17(3)15-19/h4-7,9-10,13-15H,1,8,11-12H2,2-3H3/b21-20+. The summed E-state index contributed by atoms with van der Waals surface area (Å²) in [6.45, 7) is 9.08. The Bertz CT molecular complexity index is 822. The maximum absolute atomic E-state index is 12.3. The molecule has 0 aliphatic carbocycles. The molecular formula is C22H23NO2S. The van der Waals surface area contributed by atoms with E-state index in [4.69, 9.17) is 4.74 Å². The Morgan fingerprint density at radius 2 is 1.88 bits per heavy atom. The zero-order valence-electron chi connectivity index (χ0n) is 15.2. The Hall–Kier alpha value is -2.46. The van der Waals surface area contributed by atoms with Crippen molar-refractivity contribution in [3.8, 4) is 0 Å². The van der Waals surface area contributed by atoms with Gasteiger partial charge in [0, 0.05) is 4.90 Å². The number of amides is 1. The average Bonchev–Trinajstić information content (AvgIpc) is 3.04. The summed E-state index contributed by atoms with van der Waals surface area (Å²) in [6, 6.07) is 16.6. The molecule has 1 heterocycles. The Morgan fingerprint density at radius 1 is 1.19 bits per heavy atom. The number of allylic oxidation sites excluding steroid dienone is 2. The van der Waals surface area contributed by atoms with E-state index in [0.29, 0.717) is 19.6 Å². The van der Waals surface area contributed by atoms with Crippen LogP contribution in [0.1, 0.15) is 23.1 Å². The second-order valence-corrected chi connectivity index (χ2v) is 7.40. The fourth-order valence-electron chi connectivity index (χ4n) is 3.07. The Balaban J connectivity index is 2.11. The van der Waals surface area contributed by atoms with E-state index < -0.39 is 0 Å². The molecular weight excluding hydrogens is 342 g/mol. The molecule has 2 aromatic rings. The van der Waals surface area contributed by atoms with E-state index in [9.17, 15) is 4.79 Å². The van der Waals surface area contributed by atoms with E-state index in [2.05, 4.69) is 50.8 Å². The number of ether oxygens (including phenoxy) is 1. The molecule has 2 aromatic carbocycles. The Labute approximate surface area is 159 Å². The zero-order valence-corrected chi connectivity index (χ0v) is 16.0. The number of benzene rings is 2. The van der Waals surface area contributed by atoms with Crippen LogP contribution < -0.4 is 0 Å². The van der Waals surface area contributed by atoms with Gasteiger partial charge in [0.2, 0.25) is 0 Å². The van der Waals surface area contributed by atoms with Crippen LogP contribution in [0.5, 0.6) is 0 Å². The Morgan fingerprint density at radius 3 is 2.46 bits per heavy atom. The van der Waals surface area contributed by atoms with Gasteiger partial charge >= 0.3 is 6.09 Å². The first-order valence-corrected chi connectivity index (χ1v) is 9.50. The summed E-state index contributed by atoms with van der Waals surface area (Å²) < 4.78 is 5.21. The predicted octanol–water partition coefficient (Wildman–Crippen LogP) is 5.79. The van der Waals surface area contributed by atoms with Gasteiger partial charge in [-0.2, -0.15) is 0 Å². The van der Waals surface area contributed by atoms with E-state index in [0.717, 1.165) is 21.1 Å². The molecule has 0 atom stereocenters. The molecule has 3 rings (SSSR count). The van der Waals surface area contributed by atoms with E-state index >= 15 is 0 Å². The number of aryl methyl sites for hydroxylation is 2. The Kier molecular flexibility index (Phi) is 5.84. The largest absolute Gasteiger partial charge is 0.447 e. The molecule has 0 aromatic heterocycles. The topological polar surface area (TPSA) is 29.5 Å². The van der Waals surface area contributed by atoms with Gasteiger partial charge in [0.1, 0.15) is 6.61 Å². The number of thioether (sulfide) groups is 1. The van der Waals surface area contributed by atoms with E-state index in [-0.39, 0.29) is 6.09 Å². The van der Waals surface area contributed by atoms with Crippen molar-refractivity contribution >= 4 is 23.4 Å². The third-order valence-corrected chi connectivity index (χ3v) is 5.28. The van der Waals surface area contributed by atoms with Crippen molar-refractivity contribution in [2.24, 2.45) is 0 Å². The summed E-state index contributed by atoms with van der Waals surface area (Å²) in [4.78, 5) is 15.2. The van der Waals surface area contributed by atoms with Gasteiger partial charge in [-0.15, -0.1) is 6.58 Å². The molecule has 3 nitrogen and oxygen atoms in total. The minimum absolute atomic E-state index is 0.283. The summed E-state index contributed by atoms with van der Waals surface area (Å²) in [6.07, 6.45) is 2.28. The van der Waals surface area contributed by atoms with Crippen molar-refractivity contribution in [1.29, 1.82) is 0 Å². The summed E-state index contributed by atoms with van der Waals surface area (Å²) in [5, 5.41) is 0.920. The number of hydrogen-bond acceptors (Lipinski definition) is 3. The van der Waals surface area contributed by atoms with E-state index in [1.54, 1.807) is 16.7 Å². The monoisotopic (exact) mass is 365 g/mol. The van der Waals surface area contributed by atoms with Crippen LogP contribution in [0.2, 0.25) is 0 Å². The van der Waals surface area contributed by atoms with E-state index in [1.807, 2.05) is 24.3 Å². The highest BCUT2D eigenvalue weighted by Crippen LogP contribution is 2.38. The van der Waals surface area contributed by atoms with Gasteiger partial charge in [-0.1, -0.05) is 54.2 Å². The molecule has 0 spiro atoms. The van der Waals surface area contributed by atoms with Gasteiger partial charge in [-0.05, 0) is 54.7 Å². The van der Waals surface area contributed by atoms with Crippen molar-refractivity contribution in [2.45, 2.75) is 25.2 Å². The summed E-state index contributed by atoms with van der Waals surface area (Å²) in [5.41, 5.74) is 4.60. The summed E-state index contributed by atoms with van der Waals surface area (Å²) >= 11 is 1.62. The molecule has 1 amide bonds. The molecule has 1 fully saturated rings. The van der Waals surface area contributed by atoms with Crippen molar-refractivity contribution in [1.82, 2.24) is 4.90 Å². The predicted molar refractivity (Wildman–Crippen MR) is 108 cm³/mol. The summed E-state index contributed by atoms with van der Waals surface area (Å²) in [5.74, 6) is 0. The number of carbonyl (C=O) groups excluding carboxylic acids is 1. The van der Waals surface area contributed by atoms with E-state index in [1.165, 1.54) is 11.1 Å². The van der Waals surface area contributed by atoms with Crippen LogP contribution in [0.25, 0.3) is 5.57 Å². The van der Waals surface area contributed by atoms with Crippen LogP contribution in [0.4, 0.5) is 4.79 Å². The molecule has 26 heavy (non-hydrogen) atoms. The molecule has 0 N–H and O–H groups in total. The number of cyclic esters (lactones) is 1. The molecule has 1 saturated heterocycles. The molecule has 4 heteroatoms. The first-order valence-electron chi connectivity index (χ1n) is 8.68. The summed E-state index contributed by atoms with van der Waals surface area (Å²) in [7, 11) is 0. The minimum atomic E-state index is -0.283. The molecule has 0 radical (unpaired) electrons. The SMILES string of the molecule is C=CC/C(=C(\Sc1cc(C)cc(C)c1)N1CCOC1=O)c1ccccc1. The number of nitrogens with zero attached hydrogens (tertiary/aromatic N) is 1. The molecule has 0 saturated carbocycles. The smallest absolute Gasteiger partial charge is 0.414 e. The van der Waals surface area contributed by atoms with Crippen LogP contribution in [0, 0.1) is 13.8 Å². The maximum Gasteiger partial charge on any atom is 0.414 e. The van der Waals surface area contributed by atoms with Gasteiger partial charge in [-0.3, -0.25) is 4.90 Å². The lowest BCUT2D eigenvalue weighted by Crippen LogP contribution is -2.23. The number of rotatable bonds is 6. The lowest BCUT2D eigenvalue weighted by Gasteiger charge is -2.22.